The van der Waals surface area contributed by atoms with Crippen LogP contribution in [0.5, 0.6) is 23.1 Å². The number of aromatic nitrogens is 4. The predicted octanol–water partition coefficient (Wildman–Crippen LogP) is 5.47. The van der Waals surface area contributed by atoms with Gasteiger partial charge in [0.25, 0.3) is 11.5 Å². The standard InChI is InChI=1S/C35H34F3N5O7/c1-46-13-15-48-28-18-24-26(19-29(28)49-16-14-47-2)40-20-41-33(24)50-27-11-10-21(17-25(27)35(36,37)38)23-9-6-12-42-31(23)30(32(39)44)34(45)43(42)22-7-4-3-5-8-22/h3-5,7-8,10-11,17-20,23H,6,9,12-16H2,1-2H3,(H2,39,44). The minimum atomic E-state index is -4.85. The first-order chi connectivity index (χ1) is 24.1. The Morgan fingerprint density at radius 1 is 0.920 bits per heavy atom. The van der Waals surface area contributed by atoms with Gasteiger partial charge in [-0.3, -0.25) is 14.3 Å². The number of amides is 1. The maximum Gasteiger partial charge on any atom is 0.419 e. The van der Waals surface area contributed by atoms with Gasteiger partial charge in [-0.1, -0.05) is 24.3 Å². The zero-order valence-electron chi connectivity index (χ0n) is 27.2. The largest absolute Gasteiger partial charge is 0.487 e. The van der Waals surface area contributed by atoms with E-state index in [1.165, 1.54) is 43.4 Å². The van der Waals surface area contributed by atoms with Crippen LogP contribution in [0.4, 0.5) is 13.2 Å². The Morgan fingerprint density at radius 2 is 1.62 bits per heavy atom. The molecule has 12 nitrogen and oxygen atoms in total. The number of alkyl halides is 3. The maximum absolute atomic E-state index is 14.7. The molecular formula is C35H34F3N5O7. The van der Waals surface area contributed by atoms with Gasteiger partial charge in [0.2, 0.25) is 5.88 Å². The fraction of sp³-hybridized carbons (Fsp3) is 0.314. The molecule has 1 amide bonds. The molecule has 0 radical (unpaired) electrons. The van der Waals surface area contributed by atoms with Crippen LogP contribution >= 0.6 is 0 Å². The number of methoxy groups -OCH3 is 2. The lowest BCUT2D eigenvalue weighted by molar-refractivity contribution is -0.138. The van der Waals surface area contributed by atoms with Crippen LogP contribution in [0.2, 0.25) is 0 Å². The van der Waals surface area contributed by atoms with E-state index in [1.807, 2.05) is 0 Å². The molecule has 6 rings (SSSR count). The number of halogens is 3. The lowest BCUT2D eigenvalue weighted by Crippen LogP contribution is -2.26. The van der Waals surface area contributed by atoms with Crippen LogP contribution in [0.1, 0.15) is 45.9 Å². The summed E-state index contributed by atoms with van der Waals surface area (Å²) in [4.78, 5) is 34.6. The lowest BCUT2D eigenvalue weighted by atomic mass is 9.86. The second-order valence-corrected chi connectivity index (χ2v) is 11.4. The molecule has 0 aliphatic carbocycles. The van der Waals surface area contributed by atoms with Gasteiger partial charge in [0.1, 0.15) is 30.9 Å². The second kappa shape index (κ2) is 14.6. The molecule has 1 atom stereocenters. The van der Waals surface area contributed by atoms with Gasteiger partial charge in [-0.05, 0) is 48.7 Å². The van der Waals surface area contributed by atoms with Gasteiger partial charge in [-0.15, -0.1) is 0 Å². The summed E-state index contributed by atoms with van der Waals surface area (Å²) in [5.41, 5.74) is 5.10. The number of ether oxygens (including phenoxy) is 5. The summed E-state index contributed by atoms with van der Waals surface area (Å²) in [5.74, 6) is -1.71. The SMILES string of the molecule is COCCOc1cc2ncnc(Oc3ccc(C4CCCn5c4c(C(N)=O)c(=O)n5-c4ccccc4)cc3C(F)(F)F)c2cc1OCCOC. The van der Waals surface area contributed by atoms with Crippen molar-refractivity contribution in [3.8, 4) is 28.8 Å². The normalized spacial score (nSPS) is 14.4. The maximum atomic E-state index is 14.7. The first kappa shape index (κ1) is 34.5. The molecular weight excluding hydrogens is 659 g/mol. The number of benzene rings is 3. The van der Waals surface area contributed by atoms with Crippen LogP contribution in [-0.4, -0.2) is 65.9 Å². The van der Waals surface area contributed by atoms with Crippen LogP contribution in [0, 0.1) is 0 Å². The molecule has 2 aromatic heterocycles. The summed E-state index contributed by atoms with van der Waals surface area (Å²) in [5, 5.41) is 0.279. The zero-order valence-corrected chi connectivity index (χ0v) is 27.2. The molecule has 5 aromatic rings. The predicted molar refractivity (Wildman–Crippen MR) is 175 cm³/mol. The molecule has 2 N–H and O–H groups in total. The molecule has 1 aliphatic heterocycles. The number of fused-ring (bicyclic) bond motifs is 2. The summed E-state index contributed by atoms with van der Waals surface area (Å²) in [7, 11) is 3.06. The Labute approximate surface area is 284 Å². The van der Waals surface area contributed by atoms with E-state index < -0.39 is 34.9 Å². The molecule has 15 heteroatoms. The van der Waals surface area contributed by atoms with Crippen molar-refractivity contribution in [2.45, 2.75) is 31.5 Å². The number of primary amides is 1. The molecule has 3 heterocycles. The smallest absolute Gasteiger partial charge is 0.419 e. The summed E-state index contributed by atoms with van der Waals surface area (Å²) in [6.07, 6.45) is -2.75. The van der Waals surface area contributed by atoms with E-state index in [9.17, 15) is 22.8 Å². The Balaban J connectivity index is 1.41. The second-order valence-electron chi connectivity index (χ2n) is 11.4. The van der Waals surface area contributed by atoms with Gasteiger partial charge in [0.15, 0.2) is 11.5 Å². The Bertz CT molecular complexity index is 2060. The highest BCUT2D eigenvalue weighted by molar-refractivity contribution is 5.94. The number of para-hydroxylation sites is 1. The van der Waals surface area contributed by atoms with Gasteiger partial charge >= 0.3 is 6.18 Å². The van der Waals surface area contributed by atoms with Crippen LogP contribution < -0.4 is 25.5 Å². The highest BCUT2D eigenvalue weighted by Crippen LogP contribution is 2.44. The average Bonchev–Trinajstić information content (AvgIpc) is 3.41. The third-order valence-corrected chi connectivity index (χ3v) is 8.29. The Morgan fingerprint density at radius 3 is 2.28 bits per heavy atom. The molecule has 0 bridgehead atoms. The molecule has 0 saturated heterocycles. The van der Waals surface area contributed by atoms with Gasteiger partial charge in [-0.25, -0.2) is 14.6 Å². The first-order valence-corrected chi connectivity index (χ1v) is 15.7. The summed E-state index contributed by atoms with van der Waals surface area (Å²) < 4.78 is 74.8. The molecule has 3 aromatic carbocycles. The van der Waals surface area contributed by atoms with E-state index in [-0.39, 0.29) is 53.7 Å². The molecule has 0 saturated carbocycles. The monoisotopic (exact) mass is 693 g/mol. The van der Waals surface area contributed by atoms with Crippen LogP contribution in [-0.2, 0) is 22.2 Å². The van der Waals surface area contributed by atoms with Gasteiger partial charge in [-0.2, -0.15) is 13.2 Å². The summed E-state index contributed by atoms with van der Waals surface area (Å²) >= 11 is 0. The fourth-order valence-electron chi connectivity index (χ4n) is 6.10. The van der Waals surface area contributed by atoms with Crippen molar-refractivity contribution in [2.24, 2.45) is 5.73 Å². The van der Waals surface area contributed by atoms with E-state index in [4.69, 9.17) is 29.4 Å². The number of hydrogen-bond acceptors (Lipinski definition) is 9. The van der Waals surface area contributed by atoms with Crippen molar-refractivity contribution < 1.29 is 41.7 Å². The fourth-order valence-corrected chi connectivity index (χ4v) is 6.10. The quantitative estimate of drug-likeness (QED) is 0.159. The molecule has 50 heavy (non-hydrogen) atoms. The van der Waals surface area contributed by atoms with E-state index >= 15 is 0 Å². The molecule has 1 aliphatic rings. The first-order valence-electron chi connectivity index (χ1n) is 15.7. The van der Waals surface area contributed by atoms with Crippen LogP contribution in [0.25, 0.3) is 16.6 Å². The van der Waals surface area contributed by atoms with Crippen molar-refractivity contribution in [1.29, 1.82) is 0 Å². The minimum Gasteiger partial charge on any atom is -0.487 e. The molecule has 0 spiro atoms. The summed E-state index contributed by atoms with van der Waals surface area (Å²) in [6, 6.07) is 15.5. The number of nitrogens with two attached hydrogens (primary N) is 1. The van der Waals surface area contributed by atoms with Gasteiger partial charge in [0, 0.05) is 32.7 Å². The van der Waals surface area contributed by atoms with Crippen LogP contribution in [0.15, 0.2) is 71.8 Å². The van der Waals surface area contributed by atoms with E-state index in [0.717, 1.165) is 6.07 Å². The molecule has 262 valence electrons. The average molecular weight is 694 g/mol. The number of rotatable bonds is 13. The number of nitrogens with zero attached hydrogens (tertiary/aromatic N) is 4. The van der Waals surface area contributed by atoms with Crippen molar-refractivity contribution in [2.75, 3.05) is 40.6 Å². The molecule has 0 fully saturated rings. The van der Waals surface area contributed by atoms with Crippen molar-refractivity contribution >= 4 is 16.8 Å². The molecule has 1 unspecified atom stereocenters. The minimum absolute atomic E-state index is 0.143. The Hall–Kier alpha value is -5.41. The third kappa shape index (κ3) is 6.87. The third-order valence-electron chi connectivity index (χ3n) is 8.29. The zero-order chi connectivity index (χ0) is 35.4. The van der Waals surface area contributed by atoms with Gasteiger partial charge < -0.3 is 29.4 Å². The summed E-state index contributed by atoms with van der Waals surface area (Å²) in [6.45, 7) is 1.35. The topological polar surface area (TPSA) is 142 Å². The highest BCUT2D eigenvalue weighted by Gasteiger charge is 2.38. The number of carbonyl (C=O) groups is 1. The number of hydrogen-bond donors (Lipinski definition) is 1. The van der Waals surface area contributed by atoms with Crippen molar-refractivity contribution in [3.05, 3.63) is 99.7 Å². The lowest BCUT2D eigenvalue weighted by Gasteiger charge is -2.28. The number of carbonyl (C=O) groups excluding carboxylic acids is 1. The highest BCUT2D eigenvalue weighted by atomic mass is 19.4. The van der Waals surface area contributed by atoms with Crippen molar-refractivity contribution in [1.82, 2.24) is 19.3 Å². The van der Waals surface area contributed by atoms with Crippen LogP contribution in [0.3, 0.4) is 0 Å². The van der Waals surface area contributed by atoms with E-state index in [2.05, 4.69) is 9.97 Å². The Kier molecular flexibility index (Phi) is 10.1. The van der Waals surface area contributed by atoms with E-state index in [0.29, 0.717) is 42.9 Å². The van der Waals surface area contributed by atoms with Gasteiger partial charge in [0.05, 0.1) is 41.1 Å². The van der Waals surface area contributed by atoms with E-state index in [1.54, 1.807) is 41.1 Å². The van der Waals surface area contributed by atoms with Crippen molar-refractivity contribution in [3.63, 3.8) is 0 Å².